The molecule has 0 rings (SSSR count). The first-order valence-corrected chi connectivity index (χ1v) is 24.9. The molecule has 0 spiro atoms. The van der Waals surface area contributed by atoms with Gasteiger partial charge in [-0.05, 0) is 25.7 Å². The number of carbonyl (C=O) groups is 2. The Hall–Kier alpha value is -1.25. The van der Waals surface area contributed by atoms with E-state index in [1.54, 1.807) is 0 Å². The number of allylic oxidation sites excluding steroid dienone is 2. The number of rotatable bonds is 43. The van der Waals surface area contributed by atoms with Crippen LogP contribution in [-0.4, -0.2) is 70.0 Å². The number of nitrogens with zero attached hydrogens (tertiary/aromatic N) is 1. The van der Waals surface area contributed by atoms with Gasteiger partial charge in [0.05, 0.1) is 27.7 Å². The van der Waals surface area contributed by atoms with Crippen LogP contribution in [0.25, 0.3) is 0 Å². The van der Waals surface area contributed by atoms with Gasteiger partial charge >= 0.3 is 11.9 Å². The van der Waals surface area contributed by atoms with E-state index in [0.29, 0.717) is 23.9 Å². The Balaban J connectivity index is 4.32. The summed E-state index contributed by atoms with van der Waals surface area (Å²) in [6, 6.07) is 0. The molecule has 0 amide bonds. The lowest BCUT2D eigenvalue weighted by Crippen LogP contribution is -2.37. The lowest BCUT2D eigenvalue weighted by atomic mass is 10.0. The van der Waals surface area contributed by atoms with Gasteiger partial charge in [-0.15, -0.1) is 0 Å². The number of ether oxygens (including phenoxy) is 2. The van der Waals surface area contributed by atoms with Crippen molar-refractivity contribution in [2.24, 2.45) is 0 Å². The first kappa shape index (κ1) is 54.8. The van der Waals surface area contributed by atoms with E-state index in [1.807, 2.05) is 27.2 Å². The number of hydrogen-bond acceptors (Lipinski definition) is 8. The number of unbranched alkanes of at least 4 members (excludes halogenated alkanes) is 27. The summed E-state index contributed by atoms with van der Waals surface area (Å²) >= 11 is 0. The second-order valence-electron chi connectivity index (χ2n) is 17.1. The van der Waals surface area contributed by atoms with Gasteiger partial charge in [0.15, 0.2) is 6.10 Å². The van der Waals surface area contributed by atoms with E-state index in [9.17, 15) is 19.0 Å². The van der Waals surface area contributed by atoms with Crippen molar-refractivity contribution in [3.05, 3.63) is 12.2 Å². The van der Waals surface area contributed by atoms with Crippen LogP contribution in [0.4, 0.5) is 0 Å². The molecule has 56 heavy (non-hydrogen) atoms. The highest BCUT2D eigenvalue weighted by molar-refractivity contribution is 7.45. The summed E-state index contributed by atoms with van der Waals surface area (Å²) in [5, 5.41) is 0. The summed E-state index contributed by atoms with van der Waals surface area (Å²) in [4.78, 5) is 37.5. The number of carbonyl (C=O) groups excluding carboxylic acids is 2. The van der Waals surface area contributed by atoms with E-state index >= 15 is 0 Å². The molecule has 0 heterocycles. The fourth-order valence-electron chi connectivity index (χ4n) is 6.61. The summed E-state index contributed by atoms with van der Waals surface area (Å²) in [6.07, 6.45) is 41.0. The van der Waals surface area contributed by atoms with Crippen molar-refractivity contribution in [3.63, 3.8) is 0 Å². The lowest BCUT2D eigenvalue weighted by molar-refractivity contribution is -0.870. The molecular weight excluding hydrogens is 725 g/mol. The normalized spacial score (nSPS) is 13.6. The topological polar surface area (TPSA) is 111 Å². The van der Waals surface area contributed by atoms with Crippen molar-refractivity contribution in [3.8, 4) is 0 Å². The van der Waals surface area contributed by atoms with Crippen LogP contribution in [0.15, 0.2) is 12.2 Å². The maximum atomic E-state index is 12.7. The second-order valence-corrected chi connectivity index (χ2v) is 18.5. The highest BCUT2D eigenvalue weighted by Gasteiger charge is 2.21. The minimum absolute atomic E-state index is 0.0319. The molecule has 2 atom stereocenters. The van der Waals surface area contributed by atoms with Crippen molar-refractivity contribution >= 4 is 19.8 Å². The van der Waals surface area contributed by atoms with Crippen LogP contribution in [0.3, 0.4) is 0 Å². The van der Waals surface area contributed by atoms with Crippen LogP contribution in [-0.2, 0) is 32.7 Å². The van der Waals surface area contributed by atoms with Crippen molar-refractivity contribution in [2.75, 3.05) is 47.5 Å². The molecule has 9 nitrogen and oxygen atoms in total. The number of hydrogen-bond donors (Lipinski definition) is 0. The molecule has 0 saturated carbocycles. The minimum atomic E-state index is -4.63. The smallest absolute Gasteiger partial charge is 0.306 e. The predicted octanol–water partition coefficient (Wildman–Crippen LogP) is 12.7. The van der Waals surface area contributed by atoms with Crippen LogP contribution >= 0.6 is 7.82 Å². The Morgan fingerprint density at radius 1 is 0.536 bits per heavy atom. The summed E-state index contributed by atoms with van der Waals surface area (Å²) in [5.74, 6) is -0.879. The molecule has 0 aromatic heterocycles. The van der Waals surface area contributed by atoms with E-state index < -0.39 is 32.5 Å². The maximum Gasteiger partial charge on any atom is 0.306 e. The largest absolute Gasteiger partial charge is 0.756 e. The van der Waals surface area contributed by atoms with Gasteiger partial charge in [-0.25, -0.2) is 0 Å². The molecule has 0 aromatic carbocycles. The third-order valence-corrected chi connectivity index (χ3v) is 11.3. The standard InChI is InChI=1S/C46H90NO8P/c1-6-8-10-12-14-16-18-20-22-23-25-27-29-31-33-35-37-39-46(49)55-44(43-54-56(50,51)53-41-40-47(3,4)5)42-52-45(48)38-36-34-32-30-28-26-24-21-19-17-15-13-11-9-7-2/h32,34,44H,6-31,33,35-43H2,1-5H3/b34-32+/t44-/m1/s1. The van der Waals surface area contributed by atoms with E-state index in [0.717, 1.165) is 25.7 Å². The molecule has 10 heteroatoms. The highest BCUT2D eigenvalue weighted by atomic mass is 31.2. The number of esters is 2. The average Bonchev–Trinajstić information content (AvgIpc) is 3.15. The van der Waals surface area contributed by atoms with Gasteiger partial charge in [-0.2, -0.15) is 0 Å². The first-order chi connectivity index (χ1) is 27.0. The van der Waals surface area contributed by atoms with E-state index in [2.05, 4.69) is 19.9 Å². The number of likely N-dealkylation sites (N-methyl/N-ethyl adjacent to an activating group) is 1. The second kappa shape index (κ2) is 39.2. The zero-order valence-electron chi connectivity index (χ0n) is 37.3. The van der Waals surface area contributed by atoms with Crippen LogP contribution in [0.2, 0.25) is 0 Å². The number of quaternary nitrogens is 1. The van der Waals surface area contributed by atoms with Gasteiger partial charge in [0.1, 0.15) is 19.8 Å². The number of phosphoric acid groups is 1. The summed E-state index contributed by atoms with van der Waals surface area (Å²) in [7, 11) is 1.16. The molecule has 332 valence electrons. The first-order valence-electron chi connectivity index (χ1n) is 23.4. The average molecular weight is 816 g/mol. The fraction of sp³-hybridized carbons (Fsp3) is 0.913. The monoisotopic (exact) mass is 816 g/mol. The van der Waals surface area contributed by atoms with E-state index in [4.69, 9.17) is 18.5 Å². The molecule has 0 aromatic rings. The fourth-order valence-corrected chi connectivity index (χ4v) is 7.34. The molecule has 0 aliphatic heterocycles. The van der Waals surface area contributed by atoms with Crippen molar-refractivity contribution in [1.29, 1.82) is 0 Å². The van der Waals surface area contributed by atoms with Gasteiger partial charge in [0.25, 0.3) is 7.82 Å². The van der Waals surface area contributed by atoms with Gasteiger partial charge in [0.2, 0.25) is 0 Å². The van der Waals surface area contributed by atoms with Gasteiger partial charge < -0.3 is 27.9 Å². The van der Waals surface area contributed by atoms with Crippen molar-refractivity contribution in [1.82, 2.24) is 0 Å². The van der Waals surface area contributed by atoms with Gasteiger partial charge in [0, 0.05) is 12.8 Å². The van der Waals surface area contributed by atoms with Crippen LogP contribution < -0.4 is 4.89 Å². The Labute approximate surface area is 346 Å². The van der Waals surface area contributed by atoms with E-state index in [-0.39, 0.29) is 26.1 Å². The Morgan fingerprint density at radius 3 is 1.39 bits per heavy atom. The summed E-state index contributed by atoms with van der Waals surface area (Å²) < 4.78 is 33.9. The third-order valence-electron chi connectivity index (χ3n) is 10.3. The van der Waals surface area contributed by atoms with Crippen molar-refractivity contribution in [2.45, 2.75) is 225 Å². The summed E-state index contributed by atoms with van der Waals surface area (Å²) in [6.45, 7) is 4.22. The van der Waals surface area contributed by atoms with Crippen LogP contribution in [0.1, 0.15) is 219 Å². The molecule has 0 aliphatic carbocycles. The number of phosphoric ester groups is 1. The predicted molar refractivity (Wildman–Crippen MR) is 231 cm³/mol. The third kappa shape index (κ3) is 42.4. The molecule has 0 N–H and O–H groups in total. The molecule has 1 unspecified atom stereocenters. The Kier molecular flexibility index (Phi) is 38.3. The van der Waals surface area contributed by atoms with Crippen molar-refractivity contribution < 1.29 is 42.1 Å². The minimum Gasteiger partial charge on any atom is -0.756 e. The van der Waals surface area contributed by atoms with Gasteiger partial charge in [-0.1, -0.05) is 193 Å². The molecular formula is C46H90NO8P. The zero-order valence-corrected chi connectivity index (χ0v) is 38.2. The lowest BCUT2D eigenvalue weighted by Gasteiger charge is -2.28. The van der Waals surface area contributed by atoms with Crippen LogP contribution in [0.5, 0.6) is 0 Å². The Morgan fingerprint density at radius 2 is 0.946 bits per heavy atom. The SMILES string of the molecule is CCCCCCCCCCCCC/C=C/CCC(=O)OC[C@H](COP(=O)([O-])OCC[N+](C)(C)C)OC(=O)CCCCCCCCCCCCCCCCCCC. The molecule has 0 radical (unpaired) electrons. The van der Waals surface area contributed by atoms with E-state index in [1.165, 1.54) is 154 Å². The molecule has 0 fully saturated rings. The van der Waals surface area contributed by atoms with Gasteiger partial charge in [-0.3, -0.25) is 14.2 Å². The quantitative estimate of drug-likeness (QED) is 0.0197. The summed E-state index contributed by atoms with van der Waals surface area (Å²) in [5.41, 5.74) is 0. The molecule has 0 aliphatic rings. The Bertz CT molecular complexity index is 969. The molecule has 0 bridgehead atoms. The molecule has 0 saturated heterocycles. The maximum absolute atomic E-state index is 12.7. The highest BCUT2D eigenvalue weighted by Crippen LogP contribution is 2.38. The van der Waals surface area contributed by atoms with Crippen LogP contribution in [0, 0.1) is 0 Å². The zero-order chi connectivity index (χ0) is 41.4.